The van der Waals surface area contributed by atoms with Gasteiger partial charge in [0.25, 0.3) is 0 Å². The molecule has 0 heterocycles. The Labute approximate surface area is 194 Å². The summed E-state index contributed by atoms with van der Waals surface area (Å²) >= 11 is 0. The van der Waals surface area contributed by atoms with E-state index in [0.29, 0.717) is 17.4 Å². The molecule has 4 rings (SSSR count). The van der Waals surface area contributed by atoms with Crippen molar-refractivity contribution in [2.75, 3.05) is 7.11 Å². The molecule has 2 aromatic carbocycles. The van der Waals surface area contributed by atoms with Gasteiger partial charge in [-0.2, -0.15) is 0 Å². The average Bonchev–Trinajstić information content (AvgIpc) is 3.76. The lowest BCUT2D eigenvalue weighted by molar-refractivity contribution is 0.0599. The zero-order valence-corrected chi connectivity index (χ0v) is 18.3. The predicted molar refractivity (Wildman–Crippen MR) is 126 cm³/mol. The Bertz CT molecular complexity index is 1250. The largest absolute Gasteiger partial charge is 0.478 e. The number of benzene rings is 2. The van der Waals surface area contributed by atoms with Crippen molar-refractivity contribution in [3.05, 3.63) is 70.8 Å². The van der Waals surface area contributed by atoms with Gasteiger partial charge in [0, 0.05) is 23.0 Å². The summed E-state index contributed by atoms with van der Waals surface area (Å²) in [6, 6.07) is 13.4. The van der Waals surface area contributed by atoms with Gasteiger partial charge in [0.05, 0.1) is 18.2 Å². The number of carbonyl (C=O) groups is 2. The zero-order chi connectivity index (χ0) is 23.5. The molecule has 2 fully saturated rings. The van der Waals surface area contributed by atoms with Crippen LogP contribution in [0.4, 0.5) is 0 Å². The van der Waals surface area contributed by atoms with E-state index in [1.807, 2.05) is 0 Å². The summed E-state index contributed by atoms with van der Waals surface area (Å²) in [7, 11) is 1.36. The van der Waals surface area contributed by atoms with Gasteiger partial charge in [0.1, 0.15) is 0 Å². The Morgan fingerprint density at radius 3 is 1.52 bits per heavy atom. The maximum absolute atomic E-state index is 11.2. The molecule has 33 heavy (non-hydrogen) atoms. The van der Waals surface area contributed by atoms with Crippen molar-refractivity contribution in [1.29, 1.82) is 0 Å². The van der Waals surface area contributed by atoms with Gasteiger partial charge in [-0.15, -0.1) is 0 Å². The molecule has 0 atom stereocenters. The standard InChI is InChI=1S/C15H12O2.C14H10O2/c1-17-15(16)14-10-8-13(9-11-14)5-3-2-4-12-6-7-12;15-14(16)13-9-7-12(8-10-13)4-2-1-3-11-5-6-11/h8-12H,6-7H2,1H3;7-11H,5-6H2,(H,15,16). The summed E-state index contributed by atoms with van der Waals surface area (Å²) in [5.41, 5.74) is 2.44. The first-order valence-electron chi connectivity index (χ1n) is 10.6. The van der Waals surface area contributed by atoms with Crippen LogP contribution in [0.2, 0.25) is 0 Å². The van der Waals surface area contributed by atoms with E-state index >= 15 is 0 Å². The average molecular weight is 434 g/mol. The molecular formula is C29H22O4. The van der Waals surface area contributed by atoms with E-state index in [-0.39, 0.29) is 11.5 Å². The fraction of sp³-hybridized carbons (Fsp3) is 0.241. The molecule has 2 saturated carbocycles. The Hall–Kier alpha value is -4.38. The number of hydrogen-bond donors (Lipinski definition) is 1. The van der Waals surface area contributed by atoms with E-state index in [1.54, 1.807) is 48.5 Å². The first-order chi connectivity index (χ1) is 16.0. The Kier molecular flexibility index (Phi) is 8.37. The highest BCUT2D eigenvalue weighted by Crippen LogP contribution is 2.27. The number of rotatable bonds is 2. The van der Waals surface area contributed by atoms with Gasteiger partial charge in [-0.05, 0) is 97.9 Å². The molecule has 0 spiro atoms. The van der Waals surface area contributed by atoms with Crippen LogP contribution in [0.15, 0.2) is 48.5 Å². The van der Waals surface area contributed by atoms with Crippen molar-refractivity contribution in [3.63, 3.8) is 0 Å². The number of carboxylic acid groups (broad SMARTS) is 1. The first kappa shape index (κ1) is 23.3. The topological polar surface area (TPSA) is 63.6 Å². The maximum Gasteiger partial charge on any atom is 0.337 e. The van der Waals surface area contributed by atoms with Crippen LogP contribution in [0, 0.1) is 59.2 Å². The van der Waals surface area contributed by atoms with Crippen molar-refractivity contribution in [2.45, 2.75) is 25.7 Å². The number of carbonyl (C=O) groups excluding carboxylic acids is 1. The third kappa shape index (κ3) is 8.71. The second kappa shape index (κ2) is 11.9. The summed E-state index contributed by atoms with van der Waals surface area (Å²) in [6.07, 6.45) is 4.81. The summed E-state index contributed by atoms with van der Waals surface area (Å²) in [6.45, 7) is 0. The highest BCUT2D eigenvalue weighted by atomic mass is 16.5. The normalized spacial score (nSPS) is 12.9. The molecule has 0 unspecified atom stereocenters. The number of carboxylic acids is 1. The van der Waals surface area contributed by atoms with Crippen LogP contribution in [0.1, 0.15) is 57.5 Å². The van der Waals surface area contributed by atoms with Crippen LogP contribution in [0.5, 0.6) is 0 Å². The highest BCUT2D eigenvalue weighted by Gasteiger charge is 2.17. The SMILES string of the molecule is COC(=O)c1ccc(C#CC#CC2CC2)cc1.O=C(O)c1ccc(C#CC#CC2CC2)cc1. The number of hydrogen-bond acceptors (Lipinski definition) is 3. The molecule has 4 heteroatoms. The van der Waals surface area contributed by atoms with E-state index in [2.05, 4.69) is 52.1 Å². The molecule has 0 saturated heterocycles. The van der Waals surface area contributed by atoms with E-state index in [0.717, 1.165) is 11.1 Å². The van der Waals surface area contributed by atoms with Crippen LogP contribution < -0.4 is 0 Å². The van der Waals surface area contributed by atoms with Gasteiger partial charge < -0.3 is 9.84 Å². The minimum absolute atomic E-state index is 0.273. The minimum Gasteiger partial charge on any atom is -0.478 e. The molecule has 0 aromatic heterocycles. The Morgan fingerprint density at radius 2 is 1.15 bits per heavy atom. The number of aromatic carboxylic acids is 1. The third-order valence-corrected chi connectivity index (χ3v) is 4.68. The third-order valence-electron chi connectivity index (χ3n) is 4.68. The summed E-state index contributed by atoms with van der Waals surface area (Å²) < 4.78 is 4.61. The summed E-state index contributed by atoms with van der Waals surface area (Å²) in [4.78, 5) is 21.8. The fourth-order valence-electron chi connectivity index (χ4n) is 2.44. The molecular weight excluding hydrogens is 412 g/mol. The molecule has 2 aliphatic rings. The van der Waals surface area contributed by atoms with Crippen LogP contribution in [-0.2, 0) is 4.74 Å². The molecule has 0 bridgehead atoms. The van der Waals surface area contributed by atoms with Crippen LogP contribution >= 0.6 is 0 Å². The minimum atomic E-state index is -0.923. The van der Waals surface area contributed by atoms with Crippen molar-refractivity contribution in [2.24, 2.45) is 11.8 Å². The van der Waals surface area contributed by atoms with E-state index in [1.165, 1.54) is 32.8 Å². The smallest absolute Gasteiger partial charge is 0.337 e. The lowest BCUT2D eigenvalue weighted by atomic mass is 10.1. The van der Waals surface area contributed by atoms with Crippen molar-refractivity contribution in [1.82, 2.24) is 0 Å². The van der Waals surface area contributed by atoms with Gasteiger partial charge in [0.15, 0.2) is 0 Å². The number of ether oxygens (including phenoxy) is 1. The van der Waals surface area contributed by atoms with Crippen molar-refractivity contribution < 1.29 is 19.4 Å². The molecule has 0 amide bonds. The van der Waals surface area contributed by atoms with Crippen LogP contribution in [0.25, 0.3) is 0 Å². The lowest BCUT2D eigenvalue weighted by Crippen LogP contribution is -2.00. The zero-order valence-electron chi connectivity index (χ0n) is 18.3. The predicted octanol–water partition coefficient (Wildman–Crippen LogP) is 4.39. The van der Waals surface area contributed by atoms with Crippen LogP contribution in [0.3, 0.4) is 0 Å². The monoisotopic (exact) mass is 434 g/mol. The first-order valence-corrected chi connectivity index (χ1v) is 10.6. The maximum atomic E-state index is 11.2. The Morgan fingerprint density at radius 1 is 0.727 bits per heavy atom. The van der Waals surface area contributed by atoms with Gasteiger partial charge in [0.2, 0.25) is 0 Å². The van der Waals surface area contributed by atoms with E-state index in [9.17, 15) is 9.59 Å². The molecule has 0 radical (unpaired) electrons. The molecule has 0 aliphatic heterocycles. The fourth-order valence-corrected chi connectivity index (χ4v) is 2.44. The van der Waals surface area contributed by atoms with E-state index < -0.39 is 5.97 Å². The molecule has 162 valence electrons. The quantitative estimate of drug-likeness (QED) is 0.563. The van der Waals surface area contributed by atoms with Gasteiger partial charge >= 0.3 is 11.9 Å². The second-order valence-corrected chi connectivity index (χ2v) is 7.54. The number of esters is 1. The van der Waals surface area contributed by atoms with Gasteiger partial charge in [-0.25, -0.2) is 9.59 Å². The molecule has 1 N–H and O–H groups in total. The van der Waals surface area contributed by atoms with Gasteiger partial charge in [-0.1, -0.05) is 23.7 Å². The van der Waals surface area contributed by atoms with E-state index in [4.69, 9.17) is 5.11 Å². The Balaban J connectivity index is 0.000000186. The van der Waals surface area contributed by atoms with Crippen molar-refractivity contribution in [3.8, 4) is 47.4 Å². The summed E-state index contributed by atoms with van der Waals surface area (Å²) in [5.74, 6) is 23.0. The molecule has 2 aromatic rings. The molecule has 2 aliphatic carbocycles. The second-order valence-electron chi connectivity index (χ2n) is 7.54. The lowest BCUT2D eigenvalue weighted by Gasteiger charge is -1.97. The molecule has 4 nitrogen and oxygen atoms in total. The highest BCUT2D eigenvalue weighted by molar-refractivity contribution is 5.89. The van der Waals surface area contributed by atoms with Crippen molar-refractivity contribution >= 4 is 11.9 Å². The van der Waals surface area contributed by atoms with Crippen LogP contribution in [-0.4, -0.2) is 24.2 Å². The summed E-state index contributed by atoms with van der Waals surface area (Å²) in [5, 5.41) is 8.70. The number of methoxy groups -OCH3 is 1. The van der Waals surface area contributed by atoms with Gasteiger partial charge in [-0.3, -0.25) is 0 Å².